The Kier molecular flexibility index (Phi) is 8.78. The number of carbonyl (C=O) groups is 1. The summed E-state index contributed by atoms with van der Waals surface area (Å²) in [6, 6.07) is 18.9. The van der Waals surface area contributed by atoms with Gasteiger partial charge >= 0.3 is 5.97 Å². The van der Waals surface area contributed by atoms with E-state index in [1.54, 1.807) is 38.1 Å². The minimum absolute atomic E-state index is 0.0687. The van der Waals surface area contributed by atoms with Crippen LogP contribution in [0.25, 0.3) is 11.8 Å². The molecule has 0 spiro atoms. The van der Waals surface area contributed by atoms with Crippen LogP contribution in [-0.2, 0) is 9.53 Å². The van der Waals surface area contributed by atoms with Crippen LogP contribution in [0.4, 0.5) is 10.1 Å². The molecular weight excluding hydrogens is 646 g/mol. The fourth-order valence-corrected chi connectivity index (χ4v) is 7.01. The number of carbonyl (C=O) groups excluding carboxylic acids is 1. The topological polar surface area (TPSA) is 150 Å². The highest BCUT2D eigenvalue weighted by atomic mass is 32.2. The first kappa shape index (κ1) is 31.5. The smallest absolute Gasteiger partial charge is 0.338 e. The zero-order valence-electron chi connectivity index (χ0n) is 24.8. The molecule has 1 atom stereocenters. The van der Waals surface area contributed by atoms with Crippen molar-refractivity contribution in [3.63, 3.8) is 0 Å². The Labute approximate surface area is 273 Å². The van der Waals surface area contributed by atoms with E-state index in [9.17, 15) is 28.9 Å². The van der Waals surface area contributed by atoms with Crippen molar-refractivity contribution in [2.24, 2.45) is 4.99 Å². The molecule has 0 saturated heterocycles. The number of nitrogens with one attached hydrogen (secondary N) is 1. The minimum atomic E-state index is -1.02. The first-order valence-electron chi connectivity index (χ1n) is 14.2. The Hall–Kier alpha value is -5.47. The van der Waals surface area contributed by atoms with E-state index in [1.165, 1.54) is 59.2 Å². The van der Waals surface area contributed by atoms with E-state index in [2.05, 4.69) is 9.97 Å². The molecule has 47 heavy (non-hydrogen) atoms. The number of aromatic amines is 1. The number of ether oxygens (including phenoxy) is 1. The van der Waals surface area contributed by atoms with Gasteiger partial charge in [0.15, 0.2) is 9.96 Å². The van der Waals surface area contributed by atoms with Crippen molar-refractivity contribution in [2.45, 2.75) is 29.9 Å². The van der Waals surface area contributed by atoms with Crippen LogP contribution in [-0.4, -0.2) is 32.0 Å². The number of benzene rings is 3. The molecule has 2 aromatic heterocycles. The lowest BCUT2D eigenvalue weighted by Gasteiger charge is -2.25. The summed E-state index contributed by atoms with van der Waals surface area (Å²) < 4.78 is 21.0. The summed E-state index contributed by atoms with van der Waals surface area (Å²) in [6.07, 6.45) is 1.50. The number of aromatic nitrogens is 3. The summed E-state index contributed by atoms with van der Waals surface area (Å²) >= 11 is 2.11. The first-order chi connectivity index (χ1) is 22.6. The summed E-state index contributed by atoms with van der Waals surface area (Å²) in [5, 5.41) is 12.0. The Morgan fingerprint density at radius 3 is 2.55 bits per heavy atom. The SMILES string of the molecule is CCOC(=O)C1=C(c2ccccc2)N=c2s/c(=C/c3cc([N+](=O)[O-])ccc3Sc3nc(C)cc(=O)[nH]3)c(=O)n2[C@@H]1c1ccc(F)cc1. The van der Waals surface area contributed by atoms with Crippen molar-refractivity contribution < 1.29 is 18.8 Å². The number of halogens is 1. The number of esters is 1. The molecule has 1 N–H and O–H groups in total. The lowest BCUT2D eigenvalue weighted by atomic mass is 9.93. The normalized spacial score (nSPS) is 14.4. The summed E-state index contributed by atoms with van der Waals surface area (Å²) in [5.74, 6) is -1.18. The molecule has 3 aromatic carbocycles. The van der Waals surface area contributed by atoms with Gasteiger partial charge in [0.1, 0.15) is 5.82 Å². The molecule has 11 nitrogen and oxygen atoms in total. The second-order valence-electron chi connectivity index (χ2n) is 10.3. The van der Waals surface area contributed by atoms with Crippen molar-refractivity contribution >= 4 is 46.5 Å². The van der Waals surface area contributed by atoms with Gasteiger partial charge in [-0.2, -0.15) is 0 Å². The van der Waals surface area contributed by atoms with E-state index in [0.29, 0.717) is 33.0 Å². The Balaban J connectivity index is 1.61. The fraction of sp³-hybridized carbons (Fsp3) is 0.121. The molecular formula is C33H24FN5O6S2. The Morgan fingerprint density at radius 1 is 1.13 bits per heavy atom. The number of hydrogen-bond acceptors (Lipinski definition) is 10. The molecule has 0 saturated carbocycles. The van der Waals surface area contributed by atoms with E-state index >= 15 is 0 Å². The van der Waals surface area contributed by atoms with E-state index in [0.717, 1.165) is 23.1 Å². The quantitative estimate of drug-likeness (QED) is 0.110. The maximum atomic E-state index is 14.2. The van der Waals surface area contributed by atoms with E-state index in [1.807, 2.05) is 6.07 Å². The monoisotopic (exact) mass is 669 g/mol. The number of nitrogens with zero attached hydrogens (tertiary/aromatic N) is 4. The van der Waals surface area contributed by atoms with E-state index < -0.39 is 28.3 Å². The van der Waals surface area contributed by atoms with Gasteiger partial charge < -0.3 is 9.72 Å². The van der Waals surface area contributed by atoms with Crippen molar-refractivity contribution in [3.8, 4) is 0 Å². The van der Waals surface area contributed by atoms with Gasteiger partial charge in [-0.05, 0) is 49.2 Å². The van der Waals surface area contributed by atoms with Gasteiger partial charge in [0, 0.05) is 34.4 Å². The zero-order valence-corrected chi connectivity index (χ0v) is 26.4. The third-order valence-corrected chi connectivity index (χ3v) is 9.07. The van der Waals surface area contributed by atoms with Crippen LogP contribution in [0.2, 0.25) is 0 Å². The maximum Gasteiger partial charge on any atom is 0.338 e. The van der Waals surface area contributed by atoms with Crippen LogP contribution in [0.3, 0.4) is 0 Å². The molecule has 0 radical (unpaired) electrons. The molecule has 0 aliphatic carbocycles. The van der Waals surface area contributed by atoms with Gasteiger partial charge in [-0.15, -0.1) is 0 Å². The lowest BCUT2D eigenvalue weighted by molar-refractivity contribution is -0.384. The largest absolute Gasteiger partial charge is 0.463 e. The van der Waals surface area contributed by atoms with Crippen LogP contribution in [0, 0.1) is 22.9 Å². The molecule has 1 aliphatic heterocycles. The van der Waals surface area contributed by atoms with Crippen LogP contribution in [0.15, 0.2) is 109 Å². The molecule has 3 heterocycles. The summed E-state index contributed by atoms with van der Waals surface area (Å²) in [5.41, 5.74) is 1.18. The molecule has 5 aromatic rings. The predicted molar refractivity (Wildman–Crippen MR) is 174 cm³/mol. The van der Waals surface area contributed by atoms with Crippen LogP contribution >= 0.6 is 23.1 Å². The summed E-state index contributed by atoms with van der Waals surface area (Å²) in [4.78, 5) is 63.6. The predicted octanol–water partition coefficient (Wildman–Crippen LogP) is 4.53. The van der Waals surface area contributed by atoms with Crippen molar-refractivity contribution in [1.29, 1.82) is 0 Å². The number of hydrogen-bond donors (Lipinski definition) is 1. The summed E-state index contributed by atoms with van der Waals surface area (Å²) in [7, 11) is 0. The van der Waals surface area contributed by atoms with Crippen LogP contribution in [0.5, 0.6) is 0 Å². The standard InChI is InChI=1S/C33H24FN5O6S2/c1-3-45-31(42)27-28(19-7-5-4-6-8-19)37-33-38(29(27)20-9-11-22(34)12-10-20)30(41)25(47-33)17-21-16-23(39(43)44)13-14-24(21)46-32-35-18(2)15-26(40)36-32/h4-17,29H,3H2,1-2H3,(H,35,36,40)/b25-17+/t29-/m1/s1. The van der Waals surface area contributed by atoms with Gasteiger partial charge in [0.25, 0.3) is 16.8 Å². The van der Waals surface area contributed by atoms with E-state index in [4.69, 9.17) is 9.73 Å². The average Bonchev–Trinajstić information content (AvgIpc) is 3.35. The fourth-order valence-electron chi connectivity index (χ4n) is 5.10. The van der Waals surface area contributed by atoms with Crippen LogP contribution < -0.4 is 20.5 Å². The van der Waals surface area contributed by atoms with Gasteiger partial charge in [0.2, 0.25) is 0 Å². The van der Waals surface area contributed by atoms with Gasteiger partial charge in [-0.1, -0.05) is 65.6 Å². The van der Waals surface area contributed by atoms with Gasteiger partial charge in [-0.25, -0.2) is 19.2 Å². The van der Waals surface area contributed by atoms with Crippen molar-refractivity contribution in [1.82, 2.24) is 14.5 Å². The Bertz CT molecular complexity index is 2310. The maximum absolute atomic E-state index is 14.2. The average molecular weight is 670 g/mol. The highest BCUT2D eigenvalue weighted by molar-refractivity contribution is 7.99. The molecule has 0 bridgehead atoms. The number of rotatable bonds is 8. The van der Waals surface area contributed by atoms with Crippen molar-refractivity contribution in [3.05, 3.63) is 153 Å². The summed E-state index contributed by atoms with van der Waals surface area (Å²) in [6.45, 7) is 3.40. The molecule has 1 aliphatic rings. The number of nitro groups is 1. The third kappa shape index (κ3) is 6.46. The lowest BCUT2D eigenvalue weighted by Crippen LogP contribution is -2.40. The molecule has 6 rings (SSSR count). The second-order valence-corrected chi connectivity index (χ2v) is 12.3. The molecule has 236 valence electrons. The molecule has 14 heteroatoms. The van der Waals surface area contributed by atoms with Gasteiger partial charge in [0.05, 0.1) is 33.4 Å². The molecule has 0 fully saturated rings. The van der Waals surface area contributed by atoms with Crippen LogP contribution in [0.1, 0.15) is 35.3 Å². The van der Waals surface area contributed by atoms with Gasteiger partial charge in [-0.3, -0.25) is 24.3 Å². The zero-order chi connectivity index (χ0) is 33.2. The first-order valence-corrected chi connectivity index (χ1v) is 15.8. The number of thiazole rings is 1. The number of aryl methyl sites for hydroxylation is 1. The Morgan fingerprint density at radius 2 is 1.87 bits per heavy atom. The second kappa shape index (κ2) is 13.1. The third-order valence-electron chi connectivity index (χ3n) is 7.10. The highest BCUT2D eigenvalue weighted by Gasteiger charge is 2.35. The minimum Gasteiger partial charge on any atom is -0.463 e. The van der Waals surface area contributed by atoms with Crippen molar-refractivity contribution in [2.75, 3.05) is 6.61 Å². The highest BCUT2D eigenvalue weighted by Crippen LogP contribution is 2.35. The number of non-ortho nitro benzene ring substituents is 1. The number of fused-ring (bicyclic) bond motifs is 1. The van der Waals surface area contributed by atoms with E-state index in [-0.39, 0.29) is 37.9 Å². The number of nitro benzene ring substituents is 1. The molecule has 0 unspecified atom stereocenters. The number of H-pyrrole nitrogens is 1. The molecule has 0 amide bonds.